The Morgan fingerprint density at radius 2 is 2.17 bits per heavy atom. The molecule has 12 heavy (non-hydrogen) atoms. The minimum absolute atomic E-state index is 0.107. The number of rotatable bonds is 5. The predicted octanol–water partition coefficient (Wildman–Crippen LogP) is 1.02. The van der Waals surface area contributed by atoms with Gasteiger partial charge in [0.05, 0.1) is 6.61 Å². The first-order chi connectivity index (χ1) is 5.57. The molecule has 0 spiro atoms. The minimum Gasteiger partial charge on any atom is -0.481 e. The van der Waals surface area contributed by atoms with Crippen molar-refractivity contribution in [2.75, 3.05) is 6.61 Å². The molecular weight excluding hydrogens is 184 g/mol. The SMILES string of the molecule is CCOC(=O)C(Cl)CCC(=O)O. The molecule has 0 saturated heterocycles. The van der Waals surface area contributed by atoms with E-state index in [9.17, 15) is 9.59 Å². The molecule has 5 heteroatoms. The van der Waals surface area contributed by atoms with Gasteiger partial charge in [0.25, 0.3) is 0 Å². The molecule has 0 aliphatic carbocycles. The zero-order valence-corrected chi connectivity index (χ0v) is 7.50. The summed E-state index contributed by atoms with van der Waals surface area (Å²) in [5.41, 5.74) is 0. The predicted molar refractivity (Wildman–Crippen MR) is 43.1 cm³/mol. The maximum atomic E-state index is 10.8. The summed E-state index contributed by atoms with van der Waals surface area (Å²) in [5.74, 6) is -1.52. The molecule has 0 aromatic rings. The number of carbonyl (C=O) groups is 2. The number of hydrogen-bond acceptors (Lipinski definition) is 3. The summed E-state index contributed by atoms with van der Waals surface area (Å²) in [4.78, 5) is 20.9. The van der Waals surface area contributed by atoms with E-state index in [1.165, 1.54) is 0 Å². The lowest BCUT2D eigenvalue weighted by atomic mass is 10.2. The second kappa shape index (κ2) is 5.83. The van der Waals surface area contributed by atoms with Crippen LogP contribution in [-0.2, 0) is 14.3 Å². The van der Waals surface area contributed by atoms with Crippen molar-refractivity contribution >= 4 is 23.5 Å². The third-order valence-electron chi connectivity index (χ3n) is 1.15. The molecular formula is C7H11ClO4. The van der Waals surface area contributed by atoms with Crippen molar-refractivity contribution in [2.24, 2.45) is 0 Å². The van der Waals surface area contributed by atoms with Gasteiger partial charge < -0.3 is 9.84 Å². The molecule has 0 aliphatic heterocycles. The molecule has 1 N–H and O–H groups in total. The molecule has 0 saturated carbocycles. The molecule has 0 aliphatic rings. The first-order valence-electron chi connectivity index (χ1n) is 3.60. The number of esters is 1. The minimum atomic E-state index is -0.968. The number of carbonyl (C=O) groups excluding carboxylic acids is 1. The molecule has 0 fully saturated rings. The van der Waals surface area contributed by atoms with E-state index in [0.29, 0.717) is 0 Å². The van der Waals surface area contributed by atoms with Crippen LogP contribution < -0.4 is 0 Å². The topological polar surface area (TPSA) is 63.6 Å². The molecule has 0 amide bonds. The maximum Gasteiger partial charge on any atom is 0.324 e. The van der Waals surface area contributed by atoms with Gasteiger partial charge in [-0.05, 0) is 13.3 Å². The normalized spacial score (nSPS) is 12.2. The molecule has 0 aromatic carbocycles. The molecule has 0 radical (unpaired) electrons. The van der Waals surface area contributed by atoms with E-state index in [4.69, 9.17) is 16.7 Å². The van der Waals surface area contributed by atoms with Crippen LogP contribution in [0.3, 0.4) is 0 Å². The van der Waals surface area contributed by atoms with E-state index in [1.807, 2.05) is 0 Å². The van der Waals surface area contributed by atoms with Gasteiger partial charge in [-0.1, -0.05) is 0 Å². The first-order valence-corrected chi connectivity index (χ1v) is 4.04. The van der Waals surface area contributed by atoms with E-state index >= 15 is 0 Å². The van der Waals surface area contributed by atoms with E-state index in [0.717, 1.165) is 0 Å². The van der Waals surface area contributed by atoms with Crippen LogP contribution in [0.25, 0.3) is 0 Å². The zero-order valence-electron chi connectivity index (χ0n) is 6.75. The lowest BCUT2D eigenvalue weighted by molar-refractivity contribution is -0.143. The standard InChI is InChI=1S/C7H11ClO4/c1-2-12-7(11)5(8)3-4-6(9)10/h5H,2-4H2,1H3,(H,9,10). The fourth-order valence-corrected chi connectivity index (χ4v) is 0.773. The second-order valence-corrected chi connectivity index (χ2v) is 2.68. The summed E-state index contributed by atoms with van der Waals surface area (Å²) in [6.45, 7) is 1.92. The van der Waals surface area contributed by atoms with Crippen molar-refractivity contribution < 1.29 is 19.4 Å². The van der Waals surface area contributed by atoms with Gasteiger partial charge in [-0.2, -0.15) is 0 Å². The number of carboxylic acids is 1. The Morgan fingerprint density at radius 3 is 2.58 bits per heavy atom. The first kappa shape index (κ1) is 11.2. The average Bonchev–Trinajstić information content (AvgIpc) is 2.00. The molecule has 70 valence electrons. The highest BCUT2D eigenvalue weighted by Gasteiger charge is 2.17. The summed E-state index contributed by atoms with van der Waals surface area (Å²) >= 11 is 5.52. The van der Waals surface area contributed by atoms with Gasteiger partial charge in [0.1, 0.15) is 5.38 Å². The highest BCUT2D eigenvalue weighted by atomic mass is 35.5. The number of ether oxygens (including phenoxy) is 1. The van der Waals surface area contributed by atoms with Gasteiger partial charge in [0, 0.05) is 6.42 Å². The Morgan fingerprint density at radius 1 is 1.58 bits per heavy atom. The van der Waals surface area contributed by atoms with Crippen LogP contribution in [0.5, 0.6) is 0 Å². The molecule has 4 nitrogen and oxygen atoms in total. The van der Waals surface area contributed by atoms with E-state index in [-0.39, 0.29) is 19.4 Å². The van der Waals surface area contributed by atoms with E-state index in [2.05, 4.69) is 4.74 Å². The van der Waals surface area contributed by atoms with Gasteiger partial charge in [-0.3, -0.25) is 9.59 Å². The zero-order chi connectivity index (χ0) is 9.56. The Bertz CT molecular complexity index is 169. The summed E-state index contributed by atoms with van der Waals surface area (Å²) in [6, 6.07) is 0. The monoisotopic (exact) mass is 194 g/mol. The molecule has 1 atom stereocenters. The maximum absolute atomic E-state index is 10.8. The summed E-state index contributed by atoms with van der Waals surface area (Å²) in [5, 5.41) is 7.42. The Hall–Kier alpha value is -0.770. The summed E-state index contributed by atoms with van der Waals surface area (Å²) in [7, 11) is 0. The average molecular weight is 195 g/mol. The van der Waals surface area contributed by atoms with Gasteiger partial charge in [-0.25, -0.2) is 0 Å². The Labute approximate surface area is 75.5 Å². The highest BCUT2D eigenvalue weighted by molar-refractivity contribution is 6.29. The molecule has 0 aromatic heterocycles. The van der Waals surface area contributed by atoms with Crippen LogP contribution in [0, 0.1) is 0 Å². The van der Waals surface area contributed by atoms with Gasteiger partial charge in [0.2, 0.25) is 0 Å². The number of alkyl halides is 1. The fraction of sp³-hybridized carbons (Fsp3) is 0.714. The van der Waals surface area contributed by atoms with Crippen LogP contribution in [0.15, 0.2) is 0 Å². The van der Waals surface area contributed by atoms with Crippen LogP contribution in [-0.4, -0.2) is 29.0 Å². The lowest BCUT2D eigenvalue weighted by Crippen LogP contribution is -2.18. The molecule has 0 heterocycles. The number of halogens is 1. The van der Waals surface area contributed by atoms with Crippen molar-refractivity contribution in [3.8, 4) is 0 Å². The van der Waals surface area contributed by atoms with Crippen molar-refractivity contribution in [3.05, 3.63) is 0 Å². The summed E-state index contributed by atoms with van der Waals surface area (Å²) < 4.78 is 4.57. The van der Waals surface area contributed by atoms with Crippen LogP contribution in [0.4, 0.5) is 0 Å². The van der Waals surface area contributed by atoms with Crippen molar-refractivity contribution in [2.45, 2.75) is 25.1 Å². The lowest BCUT2D eigenvalue weighted by Gasteiger charge is -2.05. The van der Waals surface area contributed by atoms with Gasteiger partial charge in [-0.15, -0.1) is 11.6 Å². The quantitative estimate of drug-likeness (QED) is 0.524. The van der Waals surface area contributed by atoms with Crippen molar-refractivity contribution in [3.63, 3.8) is 0 Å². The smallest absolute Gasteiger partial charge is 0.324 e. The number of carboxylic acid groups (broad SMARTS) is 1. The van der Waals surface area contributed by atoms with Crippen LogP contribution >= 0.6 is 11.6 Å². The van der Waals surface area contributed by atoms with Gasteiger partial charge >= 0.3 is 11.9 Å². The van der Waals surface area contributed by atoms with Crippen LogP contribution in [0.2, 0.25) is 0 Å². The fourth-order valence-electron chi connectivity index (χ4n) is 0.601. The van der Waals surface area contributed by atoms with Gasteiger partial charge in [0.15, 0.2) is 0 Å². The third-order valence-corrected chi connectivity index (χ3v) is 1.55. The summed E-state index contributed by atoms with van der Waals surface area (Å²) in [6.07, 6.45) is -0.0112. The molecule has 1 unspecified atom stereocenters. The number of aliphatic carboxylic acids is 1. The molecule has 0 rings (SSSR count). The third kappa shape index (κ3) is 4.96. The highest BCUT2D eigenvalue weighted by Crippen LogP contribution is 2.07. The molecule has 0 bridgehead atoms. The Balaban J connectivity index is 3.63. The van der Waals surface area contributed by atoms with Crippen LogP contribution in [0.1, 0.15) is 19.8 Å². The number of hydrogen-bond donors (Lipinski definition) is 1. The second-order valence-electron chi connectivity index (χ2n) is 2.15. The van der Waals surface area contributed by atoms with Crippen molar-refractivity contribution in [1.82, 2.24) is 0 Å². The van der Waals surface area contributed by atoms with E-state index < -0.39 is 17.3 Å². The Kier molecular flexibility index (Phi) is 5.45. The van der Waals surface area contributed by atoms with E-state index in [1.54, 1.807) is 6.92 Å². The largest absolute Gasteiger partial charge is 0.481 e. The van der Waals surface area contributed by atoms with Crippen molar-refractivity contribution in [1.29, 1.82) is 0 Å².